The van der Waals surface area contributed by atoms with Crippen LogP contribution in [0.2, 0.25) is 0 Å². The summed E-state index contributed by atoms with van der Waals surface area (Å²) in [4.78, 5) is 15.8. The fraction of sp³-hybridized carbons (Fsp3) is 0.812. The lowest BCUT2D eigenvalue weighted by molar-refractivity contribution is -0.0531. The SMILES string of the molecule is CC(C)(C)OC(=O)N1CC(N2C3C=C(OS(=O)(=O)C(F)(F)F)CC2CC3)C1. The number of alkyl halides is 3. The van der Waals surface area contributed by atoms with E-state index in [1.165, 1.54) is 6.08 Å². The van der Waals surface area contributed by atoms with Gasteiger partial charge in [-0.25, -0.2) is 4.79 Å². The Morgan fingerprint density at radius 2 is 1.78 bits per heavy atom. The fourth-order valence-electron chi connectivity index (χ4n) is 3.76. The molecule has 2 atom stereocenters. The van der Waals surface area contributed by atoms with E-state index in [1.807, 2.05) is 0 Å². The quantitative estimate of drug-likeness (QED) is 0.524. The van der Waals surface area contributed by atoms with E-state index in [2.05, 4.69) is 9.08 Å². The highest BCUT2D eigenvalue weighted by molar-refractivity contribution is 7.87. The van der Waals surface area contributed by atoms with Crippen LogP contribution in [0.15, 0.2) is 11.8 Å². The Labute approximate surface area is 156 Å². The molecular weight excluding hydrogens is 389 g/mol. The van der Waals surface area contributed by atoms with Crippen LogP contribution >= 0.6 is 0 Å². The van der Waals surface area contributed by atoms with E-state index >= 15 is 0 Å². The van der Waals surface area contributed by atoms with Gasteiger partial charge in [-0.1, -0.05) is 0 Å². The van der Waals surface area contributed by atoms with Gasteiger partial charge in [0, 0.05) is 37.6 Å². The van der Waals surface area contributed by atoms with Crippen LogP contribution in [-0.2, 0) is 19.0 Å². The zero-order valence-electron chi connectivity index (χ0n) is 15.3. The average molecular weight is 412 g/mol. The van der Waals surface area contributed by atoms with Gasteiger partial charge in [-0.15, -0.1) is 0 Å². The number of hydrogen-bond donors (Lipinski definition) is 0. The molecule has 0 aromatic heterocycles. The van der Waals surface area contributed by atoms with E-state index in [9.17, 15) is 26.4 Å². The molecule has 0 radical (unpaired) electrons. The first-order valence-electron chi connectivity index (χ1n) is 8.74. The van der Waals surface area contributed by atoms with Crippen molar-refractivity contribution < 1.29 is 35.3 Å². The molecule has 154 valence electrons. The lowest BCUT2D eigenvalue weighted by atomic mass is 10.0. The molecule has 0 aromatic carbocycles. The topological polar surface area (TPSA) is 76.2 Å². The van der Waals surface area contributed by atoms with Crippen molar-refractivity contribution in [1.29, 1.82) is 0 Å². The van der Waals surface area contributed by atoms with Gasteiger partial charge >= 0.3 is 21.7 Å². The molecule has 2 saturated heterocycles. The number of carbonyl (C=O) groups is 1. The zero-order valence-corrected chi connectivity index (χ0v) is 16.1. The molecule has 0 spiro atoms. The number of amides is 1. The van der Waals surface area contributed by atoms with E-state index in [4.69, 9.17) is 4.74 Å². The largest absolute Gasteiger partial charge is 0.534 e. The van der Waals surface area contributed by atoms with E-state index in [1.54, 1.807) is 25.7 Å². The predicted octanol–water partition coefficient (Wildman–Crippen LogP) is 2.59. The Balaban J connectivity index is 1.60. The van der Waals surface area contributed by atoms with Crippen molar-refractivity contribution in [2.24, 2.45) is 0 Å². The molecule has 0 saturated carbocycles. The van der Waals surface area contributed by atoms with Crippen LogP contribution in [0.1, 0.15) is 40.0 Å². The fourth-order valence-corrected chi connectivity index (χ4v) is 4.26. The summed E-state index contributed by atoms with van der Waals surface area (Å²) in [5.74, 6) is -0.153. The molecular formula is C16H23F3N2O5S. The Morgan fingerprint density at radius 1 is 1.15 bits per heavy atom. The van der Waals surface area contributed by atoms with Crippen LogP contribution in [0.3, 0.4) is 0 Å². The van der Waals surface area contributed by atoms with Crippen LogP contribution in [0, 0.1) is 0 Å². The van der Waals surface area contributed by atoms with Gasteiger partial charge in [-0.2, -0.15) is 21.6 Å². The summed E-state index contributed by atoms with van der Waals surface area (Å²) in [5.41, 5.74) is -6.02. The minimum absolute atomic E-state index is 0.0760. The maximum absolute atomic E-state index is 12.5. The van der Waals surface area contributed by atoms with Crippen LogP contribution < -0.4 is 0 Å². The third-order valence-corrected chi connectivity index (χ3v) is 5.85. The Morgan fingerprint density at radius 3 is 2.30 bits per heavy atom. The van der Waals surface area contributed by atoms with E-state index in [0.717, 1.165) is 6.42 Å². The molecule has 2 bridgehead atoms. The second-order valence-corrected chi connectivity index (χ2v) is 9.64. The van der Waals surface area contributed by atoms with Crippen molar-refractivity contribution >= 4 is 16.2 Å². The lowest BCUT2D eigenvalue weighted by Gasteiger charge is -2.48. The van der Waals surface area contributed by atoms with Gasteiger partial charge in [-0.3, -0.25) is 4.90 Å². The van der Waals surface area contributed by atoms with Crippen molar-refractivity contribution in [3.05, 3.63) is 11.8 Å². The third-order valence-electron chi connectivity index (χ3n) is 4.85. The second-order valence-electron chi connectivity index (χ2n) is 8.11. The first-order valence-corrected chi connectivity index (χ1v) is 10.1. The summed E-state index contributed by atoms with van der Waals surface area (Å²) in [7, 11) is -5.64. The van der Waals surface area contributed by atoms with Crippen LogP contribution in [0.25, 0.3) is 0 Å². The summed E-state index contributed by atoms with van der Waals surface area (Å²) in [6, 6.07) is -0.204. The Bertz CT molecular complexity index is 738. The number of ether oxygens (including phenoxy) is 1. The Hall–Kier alpha value is -1.49. The first kappa shape index (κ1) is 20.2. The third kappa shape index (κ3) is 4.18. The van der Waals surface area contributed by atoms with Crippen molar-refractivity contribution in [3.8, 4) is 0 Å². The van der Waals surface area contributed by atoms with Crippen LogP contribution in [-0.4, -0.2) is 66.6 Å². The minimum Gasteiger partial charge on any atom is -0.444 e. The van der Waals surface area contributed by atoms with Crippen molar-refractivity contribution in [2.45, 2.75) is 69.3 Å². The summed E-state index contributed by atoms with van der Waals surface area (Å²) in [6.45, 7) is 6.32. The molecule has 11 heteroatoms. The van der Waals surface area contributed by atoms with Gasteiger partial charge in [0.25, 0.3) is 0 Å². The van der Waals surface area contributed by atoms with Crippen LogP contribution in [0.5, 0.6) is 0 Å². The number of carbonyl (C=O) groups excluding carboxylic acids is 1. The van der Waals surface area contributed by atoms with E-state index in [-0.39, 0.29) is 36.4 Å². The number of nitrogens with zero attached hydrogens (tertiary/aromatic N) is 2. The smallest absolute Gasteiger partial charge is 0.444 e. The normalized spacial score (nSPS) is 27.2. The Kier molecular flexibility index (Phi) is 4.91. The molecule has 0 aromatic rings. The molecule has 3 aliphatic heterocycles. The van der Waals surface area contributed by atoms with Crippen molar-refractivity contribution in [1.82, 2.24) is 9.80 Å². The summed E-state index contributed by atoms with van der Waals surface area (Å²) >= 11 is 0. The van der Waals surface area contributed by atoms with Crippen molar-refractivity contribution in [3.63, 3.8) is 0 Å². The van der Waals surface area contributed by atoms with Gasteiger partial charge in [0.2, 0.25) is 0 Å². The lowest BCUT2D eigenvalue weighted by Crippen LogP contribution is -2.64. The van der Waals surface area contributed by atoms with Gasteiger partial charge < -0.3 is 13.8 Å². The van der Waals surface area contributed by atoms with Gasteiger partial charge in [0.1, 0.15) is 11.4 Å². The molecule has 3 aliphatic rings. The van der Waals surface area contributed by atoms with E-state index in [0.29, 0.717) is 19.5 Å². The summed E-state index contributed by atoms with van der Waals surface area (Å²) < 4.78 is 69.6. The number of halogens is 3. The molecule has 1 amide bonds. The maximum Gasteiger partial charge on any atom is 0.534 e. The maximum atomic E-state index is 12.5. The number of likely N-dealkylation sites (tertiary alicyclic amines) is 1. The van der Waals surface area contributed by atoms with Crippen LogP contribution in [0.4, 0.5) is 18.0 Å². The van der Waals surface area contributed by atoms with Gasteiger partial charge in [0.05, 0.1) is 0 Å². The minimum atomic E-state index is -5.64. The molecule has 7 nitrogen and oxygen atoms in total. The highest BCUT2D eigenvalue weighted by Gasteiger charge is 2.51. The molecule has 27 heavy (non-hydrogen) atoms. The predicted molar refractivity (Wildman–Crippen MR) is 89.0 cm³/mol. The summed E-state index contributed by atoms with van der Waals surface area (Å²) in [5, 5.41) is 0. The van der Waals surface area contributed by atoms with E-state index < -0.39 is 21.2 Å². The zero-order chi connectivity index (χ0) is 20.2. The second kappa shape index (κ2) is 6.54. The van der Waals surface area contributed by atoms with Crippen molar-refractivity contribution in [2.75, 3.05) is 13.1 Å². The highest BCUT2D eigenvalue weighted by Crippen LogP contribution is 2.40. The highest BCUT2D eigenvalue weighted by atomic mass is 32.2. The van der Waals surface area contributed by atoms with Gasteiger partial charge in [-0.05, 0) is 39.7 Å². The monoisotopic (exact) mass is 412 g/mol. The number of rotatable bonds is 3. The average Bonchev–Trinajstić information content (AvgIpc) is 2.66. The summed E-state index contributed by atoms with van der Waals surface area (Å²) in [6.07, 6.45) is 2.63. The molecule has 0 aliphatic carbocycles. The molecule has 2 fully saturated rings. The first-order chi connectivity index (χ1) is 12.3. The molecule has 0 N–H and O–H groups in total. The van der Waals surface area contributed by atoms with Gasteiger partial charge in [0.15, 0.2) is 0 Å². The number of hydrogen-bond acceptors (Lipinski definition) is 6. The number of fused-ring (bicyclic) bond motifs is 2. The standard InChI is InChI=1S/C16H23F3N2O5S/c1-15(2,3)25-14(22)20-8-12(9-20)21-10-4-5-11(21)7-13(6-10)26-27(23,24)16(17,18)19/h6,10-12H,4-5,7-9H2,1-3H3. The molecule has 3 heterocycles. The molecule has 3 rings (SSSR count). The molecule has 2 unspecified atom stereocenters.